The van der Waals surface area contributed by atoms with Gasteiger partial charge in [-0.15, -0.1) is 0 Å². The molecule has 29 heavy (non-hydrogen) atoms. The van der Waals surface area contributed by atoms with E-state index in [0.29, 0.717) is 6.42 Å². The normalized spacial score (nSPS) is 12.1. The van der Waals surface area contributed by atoms with Gasteiger partial charge in [0.2, 0.25) is 0 Å². The Labute approximate surface area is 173 Å². The van der Waals surface area contributed by atoms with Crippen molar-refractivity contribution in [3.05, 3.63) is 36.1 Å². The molecule has 0 radical (unpaired) electrons. The zero-order valence-corrected chi connectivity index (χ0v) is 17.1. The van der Waals surface area contributed by atoms with E-state index in [0.717, 1.165) is 19.3 Å². The van der Waals surface area contributed by atoms with E-state index in [4.69, 9.17) is 19.7 Å². The second kappa shape index (κ2) is 18.6. The van der Waals surface area contributed by atoms with Crippen LogP contribution in [0.1, 0.15) is 52.4 Å². The molecule has 6 heteroatoms. The fraction of sp³-hybridized carbons (Fsp3) is 0.478. The fourth-order valence-corrected chi connectivity index (χ4v) is 1.82. The number of carbonyl (C=O) groups excluding carboxylic acids is 2. The average Bonchev–Trinajstić information content (AvgIpc) is 2.69. The molecule has 2 N–H and O–H groups in total. The summed E-state index contributed by atoms with van der Waals surface area (Å²) in [4.78, 5) is 22.5. The molecule has 6 nitrogen and oxygen atoms in total. The van der Waals surface area contributed by atoms with Crippen LogP contribution in [0.4, 0.5) is 0 Å². The largest absolute Gasteiger partial charge is 0.463 e. The number of esters is 2. The van der Waals surface area contributed by atoms with Gasteiger partial charge in [-0.1, -0.05) is 37.1 Å². The first kappa shape index (κ1) is 26.2. The smallest absolute Gasteiger partial charge is 0.308 e. The van der Waals surface area contributed by atoms with Crippen LogP contribution in [0.15, 0.2) is 36.1 Å². The van der Waals surface area contributed by atoms with Crippen LogP contribution in [0.5, 0.6) is 0 Å². The molecule has 0 aromatic rings. The first-order valence-electron chi connectivity index (χ1n) is 9.61. The number of hydrogen-bond donors (Lipinski definition) is 2. The first-order chi connectivity index (χ1) is 14.0. The van der Waals surface area contributed by atoms with Gasteiger partial charge in [-0.3, -0.25) is 9.59 Å². The van der Waals surface area contributed by atoms with Gasteiger partial charge in [0.15, 0.2) is 5.76 Å². The van der Waals surface area contributed by atoms with Crippen molar-refractivity contribution in [1.29, 1.82) is 0 Å². The van der Waals surface area contributed by atoms with E-state index < -0.39 is 24.6 Å². The molecule has 0 aliphatic rings. The topological polar surface area (TPSA) is 93.1 Å². The van der Waals surface area contributed by atoms with Crippen molar-refractivity contribution in [3.8, 4) is 23.7 Å². The SMILES string of the molecule is CC/C=C\C/C=C\CCC=C(C#CC#CCCC(=O)OCC(O)CO)OC(C)=O. The van der Waals surface area contributed by atoms with E-state index in [2.05, 4.69) is 54.9 Å². The Morgan fingerprint density at radius 3 is 2.55 bits per heavy atom. The second-order valence-electron chi connectivity index (χ2n) is 5.90. The average molecular weight is 402 g/mol. The minimum atomic E-state index is -1.07. The number of ether oxygens (including phenoxy) is 2. The molecule has 158 valence electrons. The number of rotatable bonds is 12. The fourth-order valence-electron chi connectivity index (χ4n) is 1.82. The van der Waals surface area contributed by atoms with Crippen LogP contribution in [0.25, 0.3) is 0 Å². The zero-order valence-electron chi connectivity index (χ0n) is 17.1. The Bertz CT molecular complexity index is 694. The third-order valence-electron chi connectivity index (χ3n) is 3.20. The highest BCUT2D eigenvalue weighted by atomic mass is 16.5. The second-order valence-corrected chi connectivity index (χ2v) is 5.90. The van der Waals surface area contributed by atoms with E-state index >= 15 is 0 Å². The van der Waals surface area contributed by atoms with Gasteiger partial charge in [-0.05, 0) is 49.5 Å². The highest BCUT2D eigenvalue weighted by Gasteiger charge is 2.06. The van der Waals surface area contributed by atoms with E-state index in [1.807, 2.05) is 0 Å². The Kier molecular flexibility index (Phi) is 16.8. The number of unbranched alkanes of at least 4 members (excludes halogenated alkanes) is 1. The van der Waals surface area contributed by atoms with Crippen LogP contribution in [-0.4, -0.2) is 41.5 Å². The molecule has 0 bridgehead atoms. The molecular weight excluding hydrogens is 372 g/mol. The third kappa shape index (κ3) is 18.3. The highest BCUT2D eigenvalue weighted by molar-refractivity contribution is 5.69. The summed E-state index contributed by atoms with van der Waals surface area (Å²) in [6.45, 7) is 2.69. The summed E-state index contributed by atoms with van der Waals surface area (Å²) in [5.74, 6) is 9.86. The summed E-state index contributed by atoms with van der Waals surface area (Å²) in [6.07, 6.45) is 12.8. The van der Waals surface area contributed by atoms with Gasteiger partial charge in [0.05, 0.1) is 13.0 Å². The van der Waals surface area contributed by atoms with Crippen molar-refractivity contribution in [2.45, 2.75) is 58.5 Å². The molecule has 0 spiro atoms. The molecule has 1 atom stereocenters. The van der Waals surface area contributed by atoms with Crippen LogP contribution in [0, 0.1) is 23.7 Å². The van der Waals surface area contributed by atoms with E-state index in [-0.39, 0.29) is 25.2 Å². The van der Waals surface area contributed by atoms with Gasteiger partial charge in [-0.25, -0.2) is 0 Å². The van der Waals surface area contributed by atoms with Crippen molar-refractivity contribution in [2.24, 2.45) is 0 Å². The van der Waals surface area contributed by atoms with Crippen molar-refractivity contribution < 1.29 is 29.3 Å². The van der Waals surface area contributed by atoms with Gasteiger partial charge in [0.1, 0.15) is 12.7 Å². The van der Waals surface area contributed by atoms with Crippen LogP contribution < -0.4 is 0 Å². The van der Waals surface area contributed by atoms with Crippen molar-refractivity contribution >= 4 is 11.9 Å². The molecule has 0 aromatic heterocycles. The minimum Gasteiger partial charge on any atom is -0.463 e. The molecule has 0 saturated carbocycles. The molecule has 0 amide bonds. The third-order valence-corrected chi connectivity index (χ3v) is 3.20. The summed E-state index contributed by atoms with van der Waals surface area (Å²) in [7, 11) is 0. The predicted octanol–water partition coefficient (Wildman–Crippen LogP) is 2.81. The maximum Gasteiger partial charge on any atom is 0.308 e. The molecular formula is C23H30O6. The Morgan fingerprint density at radius 1 is 1.10 bits per heavy atom. The number of carbonyl (C=O) groups is 2. The minimum absolute atomic E-state index is 0.0548. The lowest BCUT2D eigenvalue weighted by Crippen LogP contribution is -2.21. The number of aliphatic hydroxyl groups excluding tert-OH is 2. The molecule has 0 saturated heterocycles. The summed E-state index contributed by atoms with van der Waals surface area (Å²) >= 11 is 0. The van der Waals surface area contributed by atoms with Gasteiger partial charge in [0, 0.05) is 13.3 Å². The molecule has 0 rings (SSSR count). The maximum absolute atomic E-state index is 11.4. The van der Waals surface area contributed by atoms with Crippen molar-refractivity contribution in [2.75, 3.05) is 13.2 Å². The maximum atomic E-state index is 11.4. The quantitative estimate of drug-likeness (QED) is 0.171. The Balaban J connectivity index is 4.40. The molecule has 0 aliphatic carbocycles. The van der Waals surface area contributed by atoms with Gasteiger partial charge in [0.25, 0.3) is 0 Å². The monoisotopic (exact) mass is 402 g/mol. The molecule has 1 unspecified atom stereocenters. The lowest BCUT2D eigenvalue weighted by Gasteiger charge is -2.07. The first-order valence-corrected chi connectivity index (χ1v) is 9.61. The summed E-state index contributed by atoms with van der Waals surface area (Å²) < 4.78 is 9.79. The lowest BCUT2D eigenvalue weighted by atomic mass is 10.2. The standard InChI is InChI=1S/C23H30O6/c1-3-4-5-6-7-8-9-12-15-22(29-20(2)25)16-13-10-11-14-17-23(27)28-19-21(26)18-24/h4-5,7-8,15,21,24,26H,3,6,9,12,14,17-19H2,1-2H3/b5-4-,8-7-,22-15?. The molecule has 0 aromatic carbocycles. The summed E-state index contributed by atoms with van der Waals surface area (Å²) in [5, 5.41) is 17.7. The summed E-state index contributed by atoms with van der Waals surface area (Å²) in [6, 6.07) is 0. The van der Waals surface area contributed by atoms with Crippen molar-refractivity contribution in [3.63, 3.8) is 0 Å². The number of aliphatic hydroxyl groups is 2. The van der Waals surface area contributed by atoms with E-state index in [9.17, 15) is 9.59 Å². The lowest BCUT2D eigenvalue weighted by molar-refractivity contribution is -0.147. The molecule has 0 fully saturated rings. The Hall–Kier alpha value is -2.80. The zero-order chi connectivity index (χ0) is 21.7. The Morgan fingerprint density at radius 2 is 1.86 bits per heavy atom. The van der Waals surface area contributed by atoms with E-state index in [1.165, 1.54) is 6.92 Å². The van der Waals surface area contributed by atoms with Crippen LogP contribution >= 0.6 is 0 Å². The van der Waals surface area contributed by atoms with E-state index in [1.54, 1.807) is 6.08 Å². The summed E-state index contributed by atoms with van der Waals surface area (Å²) in [5.41, 5.74) is 0. The van der Waals surface area contributed by atoms with Gasteiger partial charge >= 0.3 is 11.9 Å². The van der Waals surface area contributed by atoms with Gasteiger partial charge < -0.3 is 19.7 Å². The highest BCUT2D eigenvalue weighted by Crippen LogP contribution is 2.03. The molecule has 0 heterocycles. The number of hydrogen-bond acceptors (Lipinski definition) is 6. The van der Waals surface area contributed by atoms with Crippen molar-refractivity contribution in [1.82, 2.24) is 0 Å². The van der Waals surface area contributed by atoms with Gasteiger partial charge in [-0.2, -0.15) is 0 Å². The van der Waals surface area contributed by atoms with Crippen LogP contribution in [0.3, 0.4) is 0 Å². The van der Waals surface area contributed by atoms with Crippen LogP contribution in [0.2, 0.25) is 0 Å². The van der Waals surface area contributed by atoms with Crippen LogP contribution in [-0.2, 0) is 19.1 Å². The predicted molar refractivity (Wildman–Crippen MR) is 111 cm³/mol. The number of allylic oxidation sites excluding steroid dienone is 6. The molecule has 0 aliphatic heterocycles.